The molecule has 9 heteroatoms. The Kier molecular flexibility index (Phi) is 5.07. The Morgan fingerprint density at radius 2 is 2.05 bits per heavy atom. The second-order valence-corrected chi connectivity index (χ2v) is 4.08. The molecule has 0 fully saturated rings. The van der Waals surface area contributed by atoms with Gasteiger partial charge in [0, 0.05) is 0 Å². The van der Waals surface area contributed by atoms with E-state index in [2.05, 4.69) is 25.6 Å². The van der Waals surface area contributed by atoms with Gasteiger partial charge in [-0.15, -0.1) is 0 Å². The van der Waals surface area contributed by atoms with Gasteiger partial charge >= 0.3 is 18.0 Å². The number of nitrogens with zero attached hydrogens (tertiary/aromatic N) is 1. The van der Waals surface area contributed by atoms with Gasteiger partial charge in [0.25, 0.3) is 0 Å². The van der Waals surface area contributed by atoms with Crippen LogP contribution >= 0.6 is 0 Å². The summed E-state index contributed by atoms with van der Waals surface area (Å²) >= 11 is 0. The lowest BCUT2D eigenvalue weighted by Gasteiger charge is -2.14. The molecule has 0 radical (unpaired) electrons. The maximum atomic E-state index is 11.7. The number of nitrogens with one attached hydrogen (secondary N) is 3. The number of H-pyrrole nitrogens is 1. The second-order valence-electron chi connectivity index (χ2n) is 4.08. The first-order valence-electron chi connectivity index (χ1n) is 5.73. The molecule has 0 saturated heterocycles. The lowest BCUT2D eigenvalue weighted by atomic mass is 10.2. The van der Waals surface area contributed by atoms with Crippen LogP contribution in [0.25, 0.3) is 0 Å². The summed E-state index contributed by atoms with van der Waals surface area (Å²) in [6.07, 6.45) is -0.456. The zero-order chi connectivity index (χ0) is 15.3. The molecule has 0 aromatic carbocycles. The molecular formula is C11H16N4O5. The summed E-state index contributed by atoms with van der Waals surface area (Å²) in [6.45, 7) is 3.39. The minimum Gasteiger partial charge on any atom is -0.480 e. The number of methoxy groups -OCH3 is 1. The van der Waals surface area contributed by atoms with Crippen molar-refractivity contribution in [2.24, 2.45) is 0 Å². The zero-order valence-corrected chi connectivity index (χ0v) is 11.3. The molecule has 0 aliphatic heterocycles. The Labute approximate surface area is 114 Å². The average Bonchev–Trinajstić information content (AvgIpc) is 2.69. The lowest BCUT2D eigenvalue weighted by molar-refractivity contribution is -0.147. The van der Waals surface area contributed by atoms with Gasteiger partial charge in [-0.2, -0.15) is 5.10 Å². The number of carbonyl (C=O) groups is 3. The van der Waals surface area contributed by atoms with Gasteiger partial charge in [-0.3, -0.25) is 9.89 Å². The van der Waals surface area contributed by atoms with Crippen molar-refractivity contribution in [3.05, 3.63) is 11.4 Å². The summed E-state index contributed by atoms with van der Waals surface area (Å²) in [4.78, 5) is 33.7. The third kappa shape index (κ3) is 3.97. The van der Waals surface area contributed by atoms with Crippen molar-refractivity contribution in [3.63, 3.8) is 0 Å². The highest BCUT2D eigenvalue weighted by Gasteiger charge is 2.24. The first-order valence-corrected chi connectivity index (χ1v) is 5.73. The highest BCUT2D eigenvalue weighted by atomic mass is 16.5. The van der Waals surface area contributed by atoms with Gasteiger partial charge in [0.2, 0.25) is 0 Å². The Hall–Kier alpha value is -2.58. The van der Waals surface area contributed by atoms with E-state index in [-0.39, 0.29) is 0 Å². The number of urea groups is 1. The number of rotatable bonds is 5. The predicted octanol–water partition coefficient (Wildman–Crippen LogP) is 0.164. The van der Waals surface area contributed by atoms with Crippen molar-refractivity contribution in [2.45, 2.75) is 26.3 Å². The summed E-state index contributed by atoms with van der Waals surface area (Å²) in [5.74, 6) is -2.06. The number of aryl methyl sites for hydroxylation is 2. The van der Waals surface area contributed by atoms with Crippen molar-refractivity contribution in [1.82, 2.24) is 15.5 Å². The van der Waals surface area contributed by atoms with Crippen molar-refractivity contribution < 1.29 is 24.2 Å². The SMILES string of the molecule is COC(=O)C[C@H](NC(=O)Nc1c(C)n[nH]c1C)C(=O)O. The molecule has 110 valence electrons. The summed E-state index contributed by atoms with van der Waals surface area (Å²) in [5, 5.41) is 20.2. The molecule has 0 spiro atoms. The Balaban J connectivity index is 2.67. The molecule has 1 atom stereocenters. The maximum absolute atomic E-state index is 11.7. The number of hydrogen-bond donors (Lipinski definition) is 4. The highest BCUT2D eigenvalue weighted by molar-refractivity contribution is 5.94. The van der Waals surface area contributed by atoms with Crippen molar-refractivity contribution in [1.29, 1.82) is 0 Å². The third-order valence-corrected chi connectivity index (χ3v) is 2.57. The molecule has 0 aliphatic carbocycles. The molecule has 4 N–H and O–H groups in total. The molecule has 1 rings (SSSR count). The highest BCUT2D eigenvalue weighted by Crippen LogP contribution is 2.15. The number of amides is 2. The molecule has 1 aromatic heterocycles. The van der Waals surface area contributed by atoms with Crippen molar-refractivity contribution in [2.75, 3.05) is 12.4 Å². The molecule has 1 aromatic rings. The van der Waals surface area contributed by atoms with Crippen LogP contribution in [0.15, 0.2) is 0 Å². The van der Waals surface area contributed by atoms with Crippen LogP contribution in [0.4, 0.5) is 10.5 Å². The van der Waals surface area contributed by atoms with Crippen LogP contribution < -0.4 is 10.6 Å². The van der Waals surface area contributed by atoms with Crippen LogP contribution in [-0.4, -0.2) is 46.4 Å². The number of carbonyl (C=O) groups excluding carboxylic acids is 2. The fourth-order valence-electron chi connectivity index (χ4n) is 1.49. The van der Waals surface area contributed by atoms with Crippen LogP contribution in [0.5, 0.6) is 0 Å². The number of aliphatic carboxylic acids is 1. The number of aromatic amines is 1. The molecule has 2 amide bonds. The van der Waals surface area contributed by atoms with Crippen LogP contribution in [0.1, 0.15) is 17.8 Å². The van der Waals surface area contributed by atoms with Crippen LogP contribution in [0.3, 0.4) is 0 Å². The molecule has 0 bridgehead atoms. The summed E-state index contributed by atoms with van der Waals surface area (Å²) < 4.78 is 4.37. The van der Waals surface area contributed by atoms with Crippen molar-refractivity contribution >= 4 is 23.7 Å². The quantitative estimate of drug-likeness (QED) is 0.569. The summed E-state index contributed by atoms with van der Waals surface area (Å²) in [5.41, 5.74) is 1.67. The smallest absolute Gasteiger partial charge is 0.326 e. The fraction of sp³-hybridized carbons (Fsp3) is 0.455. The van der Waals surface area contributed by atoms with Crippen molar-refractivity contribution in [3.8, 4) is 0 Å². The van der Waals surface area contributed by atoms with Gasteiger partial charge in [-0.25, -0.2) is 9.59 Å². The normalized spacial score (nSPS) is 11.6. The molecule has 0 aliphatic rings. The third-order valence-electron chi connectivity index (χ3n) is 2.57. The molecule has 0 unspecified atom stereocenters. The number of carboxylic acid groups (broad SMARTS) is 1. The molecular weight excluding hydrogens is 268 g/mol. The Morgan fingerprint density at radius 3 is 2.50 bits per heavy atom. The average molecular weight is 284 g/mol. The second kappa shape index (κ2) is 6.55. The first kappa shape index (κ1) is 15.5. The van der Waals surface area contributed by atoms with Crippen LogP contribution in [0.2, 0.25) is 0 Å². The zero-order valence-electron chi connectivity index (χ0n) is 11.3. The predicted molar refractivity (Wildman–Crippen MR) is 68.3 cm³/mol. The van der Waals surface area contributed by atoms with E-state index in [1.54, 1.807) is 13.8 Å². The molecule has 1 heterocycles. The summed E-state index contributed by atoms with van der Waals surface area (Å²) in [7, 11) is 1.14. The standard InChI is InChI=1S/C11H16N4O5/c1-5-9(6(2)15-14-5)13-11(19)12-7(10(17)18)4-8(16)20-3/h7H,4H2,1-3H3,(H,14,15)(H,17,18)(H2,12,13,19)/t7-/m0/s1. The minimum absolute atomic E-state index is 0.456. The van der Waals surface area contributed by atoms with Gasteiger partial charge in [-0.1, -0.05) is 0 Å². The Morgan fingerprint density at radius 1 is 1.40 bits per heavy atom. The van der Waals surface area contributed by atoms with E-state index in [9.17, 15) is 14.4 Å². The number of aromatic nitrogens is 2. The monoisotopic (exact) mass is 284 g/mol. The van der Waals surface area contributed by atoms with Gasteiger partial charge in [-0.05, 0) is 13.8 Å². The Bertz CT molecular complexity index is 505. The number of carboxylic acids is 1. The minimum atomic E-state index is -1.37. The topological polar surface area (TPSA) is 133 Å². The van der Waals surface area contributed by atoms with E-state index in [0.717, 1.165) is 7.11 Å². The number of esters is 1. The summed E-state index contributed by atoms with van der Waals surface area (Å²) in [6, 6.07) is -2.11. The molecule has 9 nitrogen and oxygen atoms in total. The van der Waals surface area contributed by atoms with Crippen LogP contribution in [-0.2, 0) is 14.3 Å². The number of ether oxygens (including phenoxy) is 1. The molecule has 0 saturated carbocycles. The van der Waals surface area contributed by atoms with E-state index in [1.165, 1.54) is 0 Å². The van der Waals surface area contributed by atoms with E-state index >= 15 is 0 Å². The van der Waals surface area contributed by atoms with Gasteiger partial charge < -0.3 is 20.5 Å². The van der Waals surface area contributed by atoms with E-state index in [1.807, 2.05) is 0 Å². The number of hydrogen-bond acceptors (Lipinski definition) is 5. The molecule has 20 heavy (non-hydrogen) atoms. The van der Waals surface area contributed by atoms with Gasteiger partial charge in [0.1, 0.15) is 6.04 Å². The van der Waals surface area contributed by atoms with Gasteiger partial charge in [0.05, 0.1) is 30.6 Å². The number of anilines is 1. The van der Waals surface area contributed by atoms with E-state index in [4.69, 9.17) is 5.11 Å². The largest absolute Gasteiger partial charge is 0.480 e. The first-order chi connectivity index (χ1) is 9.35. The van der Waals surface area contributed by atoms with Crippen LogP contribution in [0, 0.1) is 13.8 Å². The van der Waals surface area contributed by atoms with E-state index in [0.29, 0.717) is 17.1 Å². The fourth-order valence-corrected chi connectivity index (χ4v) is 1.49. The maximum Gasteiger partial charge on any atom is 0.326 e. The van der Waals surface area contributed by atoms with E-state index < -0.39 is 30.4 Å². The van der Waals surface area contributed by atoms with Gasteiger partial charge in [0.15, 0.2) is 0 Å². The lowest BCUT2D eigenvalue weighted by Crippen LogP contribution is -2.44.